The number of benzene rings is 2. The summed E-state index contributed by atoms with van der Waals surface area (Å²) in [6.45, 7) is -0.475. The van der Waals surface area contributed by atoms with Crippen LogP contribution >= 0.6 is 11.6 Å². The van der Waals surface area contributed by atoms with E-state index in [1.807, 2.05) is 0 Å². The van der Waals surface area contributed by atoms with Gasteiger partial charge in [-0.15, -0.1) is 0 Å². The summed E-state index contributed by atoms with van der Waals surface area (Å²) in [7, 11) is 1.52. The summed E-state index contributed by atoms with van der Waals surface area (Å²) in [5.74, 6) is -0.831. The minimum Gasteiger partial charge on any atom is -0.495 e. The summed E-state index contributed by atoms with van der Waals surface area (Å²) in [5, 5.41) is 2.93. The number of methoxy groups -OCH3 is 1. The van der Waals surface area contributed by atoms with E-state index in [1.54, 1.807) is 24.3 Å². The van der Waals surface area contributed by atoms with Gasteiger partial charge in [-0.1, -0.05) is 23.7 Å². The summed E-state index contributed by atoms with van der Waals surface area (Å²) < 4.78 is 23.2. The zero-order valence-corrected chi connectivity index (χ0v) is 14.6. The van der Waals surface area contributed by atoms with Gasteiger partial charge in [-0.05, 0) is 30.3 Å². The van der Waals surface area contributed by atoms with Crippen molar-refractivity contribution >= 4 is 29.1 Å². The first kappa shape index (κ1) is 19.3. The number of halogens is 2. The molecule has 0 unspecified atom stereocenters. The van der Waals surface area contributed by atoms with Crippen LogP contribution in [0.25, 0.3) is 0 Å². The van der Waals surface area contributed by atoms with Crippen LogP contribution in [0.5, 0.6) is 11.5 Å². The highest BCUT2D eigenvalue weighted by atomic mass is 35.5. The van der Waals surface area contributed by atoms with Crippen molar-refractivity contribution in [2.24, 2.45) is 0 Å². The summed E-state index contributed by atoms with van der Waals surface area (Å²) in [6, 6.07) is 10.6. The first-order valence-corrected chi connectivity index (χ1v) is 7.90. The maximum absolute atomic E-state index is 12.9. The van der Waals surface area contributed by atoms with E-state index in [9.17, 15) is 14.0 Å². The molecule has 3 N–H and O–H groups in total. The molecule has 0 fully saturated rings. The Morgan fingerprint density at radius 1 is 1.08 bits per heavy atom. The van der Waals surface area contributed by atoms with Crippen LogP contribution in [0.2, 0.25) is 5.02 Å². The van der Waals surface area contributed by atoms with E-state index in [0.29, 0.717) is 11.4 Å². The van der Waals surface area contributed by atoms with Crippen molar-refractivity contribution < 1.29 is 23.5 Å². The van der Waals surface area contributed by atoms with Gasteiger partial charge in [-0.25, -0.2) is 4.39 Å². The molecule has 0 radical (unpaired) electrons. The van der Waals surface area contributed by atoms with Crippen LogP contribution in [0.4, 0.5) is 10.1 Å². The Kier molecular flexibility index (Phi) is 7.04. The van der Waals surface area contributed by atoms with Gasteiger partial charge in [-0.3, -0.25) is 20.4 Å². The summed E-state index contributed by atoms with van der Waals surface area (Å²) in [5.41, 5.74) is 5.08. The van der Waals surface area contributed by atoms with Crippen molar-refractivity contribution in [2.75, 3.05) is 25.6 Å². The molecule has 0 saturated carbocycles. The van der Waals surface area contributed by atoms with Crippen molar-refractivity contribution in [1.82, 2.24) is 10.9 Å². The number of hydrogen-bond donors (Lipinski definition) is 3. The molecule has 0 aliphatic rings. The second kappa shape index (κ2) is 9.47. The molecule has 0 atom stereocenters. The number of hydrogen-bond acceptors (Lipinski definition) is 5. The third-order valence-electron chi connectivity index (χ3n) is 3.14. The minimum absolute atomic E-state index is 0.0443. The van der Waals surface area contributed by atoms with Gasteiger partial charge in [0.25, 0.3) is 11.8 Å². The number of nitrogens with one attached hydrogen (secondary N) is 3. The van der Waals surface area contributed by atoms with Crippen LogP contribution in [-0.2, 0) is 9.59 Å². The summed E-state index contributed by atoms with van der Waals surface area (Å²) in [4.78, 5) is 23.4. The number of carbonyl (C=O) groups excluding carboxylic acids is 2. The van der Waals surface area contributed by atoms with Crippen molar-refractivity contribution in [3.8, 4) is 11.5 Å². The molecule has 0 aliphatic carbocycles. The zero-order valence-electron chi connectivity index (χ0n) is 13.8. The average molecular weight is 382 g/mol. The number of ether oxygens (including phenoxy) is 2. The Hall–Kier alpha value is -3.00. The van der Waals surface area contributed by atoms with Crippen LogP contribution in [0.3, 0.4) is 0 Å². The molecule has 0 bridgehead atoms. The molecule has 0 saturated heterocycles. The number of hydrazine groups is 1. The molecule has 0 spiro atoms. The molecule has 2 aromatic rings. The molecular formula is C17H17ClFN3O4. The van der Waals surface area contributed by atoms with E-state index in [4.69, 9.17) is 21.1 Å². The van der Waals surface area contributed by atoms with Gasteiger partial charge in [0.15, 0.2) is 6.61 Å². The highest BCUT2D eigenvalue weighted by molar-refractivity contribution is 6.32. The molecule has 2 rings (SSSR count). The van der Waals surface area contributed by atoms with E-state index in [0.717, 1.165) is 12.1 Å². The Labute approximate surface area is 154 Å². The molecule has 9 heteroatoms. The normalized spacial score (nSPS) is 9.96. The topological polar surface area (TPSA) is 88.7 Å². The van der Waals surface area contributed by atoms with Gasteiger partial charge >= 0.3 is 0 Å². The van der Waals surface area contributed by atoms with Crippen LogP contribution in [0, 0.1) is 5.82 Å². The van der Waals surface area contributed by atoms with Crippen molar-refractivity contribution in [3.05, 3.63) is 53.3 Å². The predicted molar refractivity (Wildman–Crippen MR) is 94.7 cm³/mol. The molecule has 2 aromatic carbocycles. The molecule has 7 nitrogen and oxygen atoms in total. The lowest BCUT2D eigenvalue weighted by atomic mass is 10.3. The van der Waals surface area contributed by atoms with Gasteiger partial charge in [0.2, 0.25) is 0 Å². The van der Waals surface area contributed by atoms with E-state index in [1.165, 1.54) is 13.2 Å². The smallest absolute Gasteiger partial charge is 0.276 e. The summed E-state index contributed by atoms with van der Waals surface area (Å²) in [6.07, 6.45) is 0. The number of anilines is 1. The summed E-state index contributed by atoms with van der Waals surface area (Å²) >= 11 is 5.78. The largest absolute Gasteiger partial charge is 0.495 e. The molecular weight excluding hydrogens is 365 g/mol. The van der Waals surface area contributed by atoms with Crippen molar-refractivity contribution in [1.29, 1.82) is 0 Å². The SMILES string of the molecule is COc1ccccc1NCC(=O)NNC(=O)COc1ccc(F)cc1Cl. The predicted octanol–water partition coefficient (Wildman–Crippen LogP) is 2.13. The van der Waals surface area contributed by atoms with Crippen molar-refractivity contribution in [3.63, 3.8) is 0 Å². The third kappa shape index (κ3) is 5.82. The lowest BCUT2D eigenvalue weighted by Crippen LogP contribution is -2.46. The molecule has 0 heterocycles. The zero-order chi connectivity index (χ0) is 18.9. The Balaban J connectivity index is 1.72. The first-order valence-electron chi connectivity index (χ1n) is 7.52. The van der Waals surface area contributed by atoms with Crippen LogP contribution in [-0.4, -0.2) is 32.1 Å². The lowest BCUT2D eigenvalue weighted by molar-refractivity contribution is -0.129. The highest BCUT2D eigenvalue weighted by Crippen LogP contribution is 2.24. The number of para-hydroxylation sites is 2. The third-order valence-corrected chi connectivity index (χ3v) is 3.44. The van der Waals surface area contributed by atoms with Crippen molar-refractivity contribution in [2.45, 2.75) is 0 Å². The molecule has 26 heavy (non-hydrogen) atoms. The van der Waals surface area contributed by atoms with E-state index >= 15 is 0 Å². The number of amides is 2. The monoisotopic (exact) mass is 381 g/mol. The van der Waals surface area contributed by atoms with Gasteiger partial charge in [0, 0.05) is 0 Å². The first-order chi connectivity index (χ1) is 12.5. The fraction of sp³-hybridized carbons (Fsp3) is 0.176. The minimum atomic E-state index is -0.601. The Morgan fingerprint density at radius 2 is 1.81 bits per heavy atom. The lowest BCUT2D eigenvalue weighted by Gasteiger charge is -2.12. The molecule has 0 aliphatic heterocycles. The van der Waals surface area contributed by atoms with E-state index < -0.39 is 24.2 Å². The number of rotatable bonds is 7. The van der Waals surface area contributed by atoms with Crippen LogP contribution < -0.4 is 25.6 Å². The maximum atomic E-state index is 12.9. The van der Waals surface area contributed by atoms with E-state index in [-0.39, 0.29) is 17.3 Å². The fourth-order valence-corrected chi connectivity index (χ4v) is 2.14. The van der Waals surface area contributed by atoms with Crippen LogP contribution in [0.1, 0.15) is 0 Å². The second-order valence-corrected chi connectivity index (χ2v) is 5.42. The quantitative estimate of drug-likeness (QED) is 0.639. The maximum Gasteiger partial charge on any atom is 0.276 e. The molecule has 0 aromatic heterocycles. The van der Waals surface area contributed by atoms with E-state index in [2.05, 4.69) is 16.2 Å². The highest BCUT2D eigenvalue weighted by Gasteiger charge is 2.09. The Morgan fingerprint density at radius 3 is 2.54 bits per heavy atom. The molecule has 138 valence electrons. The van der Waals surface area contributed by atoms with Gasteiger partial charge < -0.3 is 14.8 Å². The number of carbonyl (C=O) groups is 2. The van der Waals surface area contributed by atoms with Gasteiger partial charge in [-0.2, -0.15) is 0 Å². The average Bonchev–Trinajstić information content (AvgIpc) is 2.64. The second-order valence-electron chi connectivity index (χ2n) is 5.01. The van der Waals surface area contributed by atoms with Gasteiger partial charge in [0.05, 0.1) is 24.4 Å². The van der Waals surface area contributed by atoms with Crippen LogP contribution in [0.15, 0.2) is 42.5 Å². The fourth-order valence-electron chi connectivity index (χ4n) is 1.92. The Bertz CT molecular complexity index is 788. The molecule has 2 amide bonds. The van der Waals surface area contributed by atoms with Gasteiger partial charge in [0.1, 0.15) is 17.3 Å². The standard InChI is InChI=1S/C17H17ClFN3O4/c1-25-15-5-3-2-4-13(15)20-9-16(23)21-22-17(24)10-26-14-7-6-11(19)8-12(14)18/h2-8,20H,9-10H2,1H3,(H,21,23)(H,22,24).